The van der Waals surface area contributed by atoms with Crippen LogP contribution in [0.3, 0.4) is 0 Å². The summed E-state index contributed by atoms with van der Waals surface area (Å²) in [5, 5.41) is 14.6. The maximum atomic E-state index is 12.5. The largest absolute Gasteiger partial charge is 0.494 e. The second kappa shape index (κ2) is 10.9. The van der Waals surface area contributed by atoms with Gasteiger partial charge in [-0.25, -0.2) is 5.43 Å². The molecule has 0 aliphatic rings. The summed E-state index contributed by atoms with van der Waals surface area (Å²) in [6, 6.07) is 25.5. The summed E-state index contributed by atoms with van der Waals surface area (Å²) in [5.74, 6) is 1.38. The Balaban J connectivity index is 1.32. The first-order chi connectivity index (χ1) is 17.7. The molecule has 0 fully saturated rings. The van der Waals surface area contributed by atoms with Gasteiger partial charge >= 0.3 is 0 Å². The van der Waals surface area contributed by atoms with Crippen molar-refractivity contribution in [1.29, 1.82) is 0 Å². The molecule has 2 N–H and O–H groups in total. The maximum Gasteiger partial charge on any atom is 0.250 e. The molecule has 1 amide bonds. The third kappa shape index (κ3) is 5.16. The third-order valence-corrected chi connectivity index (χ3v) is 6.35. The SMILES string of the molecule is CCOc1ccc(-n2c(SCC(=O)N/N=C/c3c[nH]c4ccccc34)nnc2-c2ccccc2)cc1. The molecule has 3 aromatic carbocycles. The monoisotopic (exact) mass is 496 g/mol. The number of benzene rings is 3. The van der Waals surface area contributed by atoms with Crippen LogP contribution in [0.15, 0.2) is 95.3 Å². The Hall–Kier alpha value is -4.37. The van der Waals surface area contributed by atoms with E-state index in [-0.39, 0.29) is 11.7 Å². The van der Waals surface area contributed by atoms with Gasteiger partial charge in [0.15, 0.2) is 11.0 Å². The number of H-pyrrole nitrogens is 1. The van der Waals surface area contributed by atoms with Gasteiger partial charge in [0.2, 0.25) is 0 Å². The quantitative estimate of drug-likeness (QED) is 0.169. The maximum absolute atomic E-state index is 12.5. The molecule has 5 rings (SSSR count). The molecule has 0 radical (unpaired) electrons. The lowest BCUT2D eigenvalue weighted by Crippen LogP contribution is -2.20. The minimum atomic E-state index is -0.237. The van der Waals surface area contributed by atoms with E-state index in [1.807, 2.05) is 96.6 Å². The number of hydrogen-bond donors (Lipinski definition) is 2. The summed E-state index contributed by atoms with van der Waals surface area (Å²) in [4.78, 5) is 15.7. The first-order valence-corrected chi connectivity index (χ1v) is 12.5. The van der Waals surface area contributed by atoms with E-state index in [1.54, 1.807) is 6.21 Å². The van der Waals surface area contributed by atoms with Crippen molar-refractivity contribution >= 4 is 34.8 Å². The highest BCUT2D eigenvalue weighted by molar-refractivity contribution is 7.99. The second-order valence-corrected chi connectivity index (χ2v) is 8.75. The molecular formula is C27H24N6O2S. The number of para-hydroxylation sites is 1. The Morgan fingerprint density at radius 2 is 1.83 bits per heavy atom. The summed E-state index contributed by atoms with van der Waals surface area (Å²) in [7, 11) is 0. The number of hydrogen-bond acceptors (Lipinski definition) is 6. The van der Waals surface area contributed by atoms with Crippen LogP contribution in [0.1, 0.15) is 12.5 Å². The number of nitrogens with zero attached hydrogens (tertiary/aromatic N) is 4. The second-order valence-electron chi connectivity index (χ2n) is 7.81. The number of carbonyl (C=O) groups excluding carboxylic acids is 1. The molecule has 36 heavy (non-hydrogen) atoms. The van der Waals surface area contributed by atoms with E-state index in [2.05, 4.69) is 25.7 Å². The number of aromatic nitrogens is 4. The van der Waals surface area contributed by atoms with Gasteiger partial charge in [-0.1, -0.05) is 60.3 Å². The molecule has 5 aromatic rings. The van der Waals surface area contributed by atoms with Crippen molar-refractivity contribution in [3.63, 3.8) is 0 Å². The van der Waals surface area contributed by atoms with E-state index >= 15 is 0 Å². The number of fused-ring (bicyclic) bond motifs is 1. The Morgan fingerprint density at radius 1 is 1.06 bits per heavy atom. The van der Waals surface area contributed by atoms with Crippen molar-refractivity contribution < 1.29 is 9.53 Å². The minimum Gasteiger partial charge on any atom is -0.494 e. The first kappa shape index (κ1) is 23.4. The molecular weight excluding hydrogens is 472 g/mol. The standard InChI is InChI=1S/C27H24N6O2S/c1-2-35-22-14-12-21(13-15-22)33-26(19-8-4-3-5-9-19)31-32-27(33)36-18-25(34)30-29-17-20-16-28-24-11-7-6-10-23(20)24/h3-17,28H,2,18H2,1H3,(H,30,34)/b29-17+. The van der Waals surface area contributed by atoms with Crippen LogP contribution in [0.25, 0.3) is 28.0 Å². The fraction of sp³-hybridized carbons (Fsp3) is 0.111. The van der Waals surface area contributed by atoms with Crippen molar-refractivity contribution in [2.24, 2.45) is 5.10 Å². The smallest absolute Gasteiger partial charge is 0.250 e. The van der Waals surface area contributed by atoms with Gasteiger partial charge in [-0.05, 0) is 37.3 Å². The topological polar surface area (TPSA) is 97.2 Å². The Labute approximate surface area is 212 Å². The molecule has 0 aliphatic carbocycles. The summed E-state index contributed by atoms with van der Waals surface area (Å²) >= 11 is 1.30. The van der Waals surface area contributed by atoms with Crippen LogP contribution in [-0.2, 0) is 4.79 Å². The molecule has 8 nitrogen and oxygen atoms in total. The van der Waals surface area contributed by atoms with Gasteiger partial charge in [0.05, 0.1) is 18.6 Å². The number of aromatic amines is 1. The van der Waals surface area contributed by atoms with Gasteiger partial charge in [0.1, 0.15) is 5.75 Å². The summed E-state index contributed by atoms with van der Waals surface area (Å²) in [5.41, 5.74) is 6.32. The van der Waals surface area contributed by atoms with Crippen LogP contribution in [0.4, 0.5) is 0 Å². The van der Waals surface area contributed by atoms with Crippen molar-refractivity contribution in [3.05, 3.63) is 90.6 Å². The molecule has 2 aromatic heterocycles. The number of nitrogens with one attached hydrogen (secondary N) is 2. The van der Waals surface area contributed by atoms with Gasteiger partial charge in [-0.15, -0.1) is 10.2 Å². The lowest BCUT2D eigenvalue weighted by Gasteiger charge is -2.11. The van der Waals surface area contributed by atoms with E-state index in [4.69, 9.17) is 4.74 Å². The van der Waals surface area contributed by atoms with Crippen LogP contribution in [-0.4, -0.2) is 44.2 Å². The summed E-state index contributed by atoms with van der Waals surface area (Å²) in [6.07, 6.45) is 3.50. The zero-order valence-electron chi connectivity index (χ0n) is 19.6. The van der Waals surface area contributed by atoms with Crippen LogP contribution < -0.4 is 10.2 Å². The number of amides is 1. The summed E-state index contributed by atoms with van der Waals surface area (Å²) in [6.45, 7) is 2.55. The van der Waals surface area contributed by atoms with Crippen LogP contribution in [0.2, 0.25) is 0 Å². The molecule has 9 heteroatoms. The van der Waals surface area contributed by atoms with Crippen LogP contribution >= 0.6 is 11.8 Å². The van der Waals surface area contributed by atoms with Crippen molar-refractivity contribution in [2.45, 2.75) is 12.1 Å². The first-order valence-electron chi connectivity index (χ1n) is 11.5. The van der Waals surface area contributed by atoms with E-state index in [0.717, 1.165) is 33.5 Å². The predicted molar refractivity (Wildman–Crippen MR) is 143 cm³/mol. The van der Waals surface area contributed by atoms with Gasteiger partial charge < -0.3 is 9.72 Å². The van der Waals surface area contributed by atoms with Crippen molar-refractivity contribution in [2.75, 3.05) is 12.4 Å². The van der Waals surface area contributed by atoms with E-state index in [9.17, 15) is 4.79 Å². The third-order valence-electron chi connectivity index (χ3n) is 5.42. The van der Waals surface area contributed by atoms with E-state index < -0.39 is 0 Å². The number of hydrazone groups is 1. The zero-order valence-corrected chi connectivity index (χ0v) is 20.4. The lowest BCUT2D eigenvalue weighted by atomic mass is 10.2. The molecule has 0 unspecified atom stereocenters. The van der Waals surface area contributed by atoms with Gasteiger partial charge in [-0.3, -0.25) is 9.36 Å². The minimum absolute atomic E-state index is 0.134. The van der Waals surface area contributed by atoms with Crippen LogP contribution in [0.5, 0.6) is 5.75 Å². The zero-order chi connectivity index (χ0) is 24.7. The fourth-order valence-corrected chi connectivity index (χ4v) is 4.51. The Morgan fingerprint density at radius 3 is 2.64 bits per heavy atom. The lowest BCUT2D eigenvalue weighted by molar-refractivity contribution is -0.118. The van der Waals surface area contributed by atoms with E-state index in [1.165, 1.54) is 11.8 Å². The normalized spacial score (nSPS) is 11.2. The number of ether oxygens (including phenoxy) is 1. The molecule has 0 spiro atoms. The summed E-state index contributed by atoms with van der Waals surface area (Å²) < 4.78 is 7.52. The highest BCUT2D eigenvalue weighted by atomic mass is 32.2. The average Bonchev–Trinajstić information content (AvgIpc) is 3.53. The molecule has 0 saturated carbocycles. The van der Waals surface area contributed by atoms with Gasteiger partial charge in [-0.2, -0.15) is 5.10 Å². The van der Waals surface area contributed by atoms with Gasteiger partial charge in [0.25, 0.3) is 5.91 Å². The average molecular weight is 497 g/mol. The molecule has 0 aliphatic heterocycles. The van der Waals surface area contributed by atoms with Crippen molar-refractivity contribution in [1.82, 2.24) is 25.2 Å². The molecule has 0 saturated heterocycles. The Kier molecular flexibility index (Phi) is 7.09. The Bertz CT molecular complexity index is 1490. The van der Waals surface area contributed by atoms with Crippen molar-refractivity contribution in [3.8, 4) is 22.8 Å². The highest BCUT2D eigenvalue weighted by Crippen LogP contribution is 2.28. The molecule has 180 valence electrons. The number of carbonyl (C=O) groups is 1. The number of rotatable bonds is 9. The highest BCUT2D eigenvalue weighted by Gasteiger charge is 2.17. The van der Waals surface area contributed by atoms with Crippen LogP contribution in [0, 0.1) is 0 Å². The molecule has 2 heterocycles. The number of thioether (sulfide) groups is 1. The predicted octanol–water partition coefficient (Wildman–Crippen LogP) is 5.06. The van der Waals surface area contributed by atoms with Gasteiger partial charge in [0, 0.05) is 33.9 Å². The van der Waals surface area contributed by atoms with E-state index in [0.29, 0.717) is 17.6 Å². The fourth-order valence-electron chi connectivity index (χ4n) is 3.77. The molecule has 0 bridgehead atoms. The molecule has 0 atom stereocenters.